The summed E-state index contributed by atoms with van der Waals surface area (Å²) in [6, 6.07) is 9.92. The molecule has 2 N–H and O–H groups in total. The van der Waals surface area contributed by atoms with Gasteiger partial charge in [-0.05, 0) is 68.3 Å². The van der Waals surface area contributed by atoms with Crippen LogP contribution in [-0.2, 0) is 0 Å². The van der Waals surface area contributed by atoms with Crippen LogP contribution in [0.3, 0.4) is 0 Å². The normalized spacial score (nSPS) is 10.3. The summed E-state index contributed by atoms with van der Waals surface area (Å²) in [5.74, 6) is -0.498. The van der Waals surface area contributed by atoms with Crippen LogP contribution in [-0.4, -0.2) is 12.5 Å². The number of aryl methyl sites for hydroxylation is 2. The van der Waals surface area contributed by atoms with Crippen molar-refractivity contribution in [2.45, 2.75) is 20.8 Å². The molecule has 0 fully saturated rings. The van der Waals surface area contributed by atoms with Gasteiger partial charge >= 0.3 is 0 Å². The average Bonchev–Trinajstić information content (AvgIpc) is 2.42. The molecule has 4 heteroatoms. The molecule has 0 aliphatic carbocycles. The molecule has 0 saturated carbocycles. The Morgan fingerprint density at radius 1 is 1.10 bits per heavy atom. The third-order valence-corrected chi connectivity index (χ3v) is 3.29. The van der Waals surface area contributed by atoms with Gasteiger partial charge in [-0.15, -0.1) is 0 Å². The van der Waals surface area contributed by atoms with Gasteiger partial charge < -0.3 is 10.6 Å². The lowest BCUT2D eigenvalue weighted by Gasteiger charge is -2.11. The van der Waals surface area contributed by atoms with E-state index in [9.17, 15) is 9.18 Å². The van der Waals surface area contributed by atoms with Crippen molar-refractivity contribution in [3.05, 3.63) is 58.9 Å². The van der Waals surface area contributed by atoms with Crippen molar-refractivity contribution in [2.75, 3.05) is 17.2 Å². The molecule has 2 rings (SSSR count). The van der Waals surface area contributed by atoms with E-state index in [1.165, 1.54) is 12.1 Å². The predicted molar refractivity (Wildman–Crippen MR) is 84.4 cm³/mol. The Morgan fingerprint density at radius 3 is 2.48 bits per heavy atom. The molecule has 0 atom stereocenters. The number of carbonyl (C=O) groups excluding carboxylic acids is 1. The summed E-state index contributed by atoms with van der Waals surface area (Å²) in [6.07, 6.45) is 0. The summed E-state index contributed by atoms with van der Waals surface area (Å²) in [7, 11) is 0. The molecule has 2 aromatic rings. The van der Waals surface area contributed by atoms with Crippen molar-refractivity contribution in [3.8, 4) is 0 Å². The van der Waals surface area contributed by atoms with Gasteiger partial charge in [-0.25, -0.2) is 4.39 Å². The third-order valence-electron chi connectivity index (χ3n) is 3.29. The Balaban J connectivity index is 2.20. The minimum absolute atomic E-state index is 0.190. The molecule has 0 aromatic heterocycles. The number of rotatable bonds is 4. The number of nitrogens with one attached hydrogen (secondary N) is 2. The van der Waals surface area contributed by atoms with E-state index in [-0.39, 0.29) is 11.7 Å². The second-order valence-corrected chi connectivity index (χ2v) is 4.97. The van der Waals surface area contributed by atoms with Crippen molar-refractivity contribution < 1.29 is 9.18 Å². The Morgan fingerprint density at radius 2 is 1.86 bits per heavy atom. The lowest BCUT2D eigenvalue weighted by molar-refractivity contribution is 0.102. The van der Waals surface area contributed by atoms with Crippen molar-refractivity contribution in [1.29, 1.82) is 0 Å². The number of hydrogen-bond acceptors (Lipinski definition) is 2. The van der Waals surface area contributed by atoms with Gasteiger partial charge in [0.05, 0.1) is 0 Å². The maximum atomic E-state index is 13.1. The summed E-state index contributed by atoms with van der Waals surface area (Å²) in [5, 5.41) is 6.03. The third kappa shape index (κ3) is 3.60. The topological polar surface area (TPSA) is 41.1 Å². The fourth-order valence-corrected chi connectivity index (χ4v) is 2.19. The SMILES string of the molecule is CCNc1ccc(C(=O)Nc2ccc(F)cc2C)c(C)c1. The van der Waals surface area contributed by atoms with Crippen LogP contribution in [0.2, 0.25) is 0 Å². The van der Waals surface area contributed by atoms with E-state index in [0.29, 0.717) is 16.8 Å². The lowest BCUT2D eigenvalue weighted by atomic mass is 10.1. The number of carbonyl (C=O) groups is 1. The van der Waals surface area contributed by atoms with Crippen LogP contribution in [0, 0.1) is 19.7 Å². The van der Waals surface area contributed by atoms with Crippen molar-refractivity contribution in [1.82, 2.24) is 0 Å². The van der Waals surface area contributed by atoms with Gasteiger partial charge in [-0.3, -0.25) is 4.79 Å². The highest BCUT2D eigenvalue weighted by atomic mass is 19.1. The smallest absolute Gasteiger partial charge is 0.255 e. The fraction of sp³-hybridized carbons (Fsp3) is 0.235. The molecule has 2 aromatic carbocycles. The van der Waals surface area contributed by atoms with Gasteiger partial charge in [-0.2, -0.15) is 0 Å². The Hall–Kier alpha value is -2.36. The minimum Gasteiger partial charge on any atom is -0.385 e. The van der Waals surface area contributed by atoms with Crippen molar-refractivity contribution >= 4 is 17.3 Å². The Bertz CT molecular complexity index is 668. The monoisotopic (exact) mass is 286 g/mol. The zero-order valence-corrected chi connectivity index (χ0v) is 12.5. The van der Waals surface area contributed by atoms with E-state index < -0.39 is 0 Å². The molecule has 0 radical (unpaired) electrons. The maximum absolute atomic E-state index is 13.1. The molecule has 0 saturated heterocycles. The number of amides is 1. The Kier molecular flexibility index (Phi) is 4.58. The zero-order valence-electron chi connectivity index (χ0n) is 12.5. The fourth-order valence-electron chi connectivity index (χ4n) is 2.19. The first-order valence-corrected chi connectivity index (χ1v) is 6.93. The van der Waals surface area contributed by atoms with Crippen molar-refractivity contribution in [2.24, 2.45) is 0 Å². The van der Waals surface area contributed by atoms with Crippen LogP contribution in [0.1, 0.15) is 28.4 Å². The second kappa shape index (κ2) is 6.39. The molecule has 0 heterocycles. The molecule has 21 heavy (non-hydrogen) atoms. The second-order valence-electron chi connectivity index (χ2n) is 4.97. The molecule has 1 amide bonds. The molecular formula is C17H19FN2O. The Labute approximate surface area is 124 Å². The van der Waals surface area contributed by atoms with Crippen molar-refractivity contribution in [3.63, 3.8) is 0 Å². The number of hydrogen-bond donors (Lipinski definition) is 2. The van der Waals surface area contributed by atoms with Crippen LogP contribution >= 0.6 is 0 Å². The van der Waals surface area contributed by atoms with E-state index in [2.05, 4.69) is 10.6 Å². The lowest BCUT2D eigenvalue weighted by Crippen LogP contribution is -2.14. The minimum atomic E-state index is -0.309. The molecule has 110 valence electrons. The van der Waals surface area contributed by atoms with E-state index in [0.717, 1.165) is 17.8 Å². The first-order chi connectivity index (χ1) is 10.0. The van der Waals surface area contributed by atoms with E-state index >= 15 is 0 Å². The van der Waals surface area contributed by atoms with E-state index in [4.69, 9.17) is 0 Å². The van der Waals surface area contributed by atoms with Crippen LogP contribution < -0.4 is 10.6 Å². The van der Waals surface area contributed by atoms with Gasteiger partial charge in [0.15, 0.2) is 0 Å². The first-order valence-electron chi connectivity index (χ1n) is 6.93. The summed E-state index contributed by atoms with van der Waals surface area (Å²) in [4.78, 5) is 12.3. The quantitative estimate of drug-likeness (QED) is 0.887. The van der Waals surface area contributed by atoms with Crippen LogP contribution in [0.4, 0.5) is 15.8 Å². The van der Waals surface area contributed by atoms with Gasteiger partial charge in [0.1, 0.15) is 5.82 Å². The summed E-state index contributed by atoms with van der Waals surface area (Å²) in [5.41, 5.74) is 3.82. The van der Waals surface area contributed by atoms with Crippen LogP contribution in [0.25, 0.3) is 0 Å². The molecule has 0 bridgehead atoms. The van der Waals surface area contributed by atoms with Gasteiger partial charge in [0, 0.05) is 23.5 Å². The van der Waals surface area contributed by atoms with Crippen LogP contribution in [0.5, 0.6) is 0 Å². The molecular weight excluding hydrogens is 267 g/mol. The van der Waals surface area contributed by atoms with Gasteiger partial charge in [-0.1, -0.05) is 0 Å². The molecule has 0 unspecified atom stereocenters. The molecule has 0 aliphatic heterocycles. The number of benzene rings is 2. The highest BCUT2D eigenvalue weighted by Gasteiger charge is 2.11. The van der Waals surface area contributed by atoms with E-state index in [1.807, 2.05) is 26.0 Å². The first kappa shape index (κ1) is 15.0. The predicted octanol–water partition coefficient (Wildman–Crippen LogP) is 4.13. The largest absolute Gasteiger partial charge is 0.385 e. The zero-order chi connectivity index (χ0) is 15.4. The molecule has 0 aliphatic rings. The summed E-state index contributed by atoms with van der Waals surface area (Å²) < 4.78 is 13.1. The number of anilines is 2. The highest BCUT2D eigenvalue weighted by molar-refractivity contribution is 6.05. The summed E-state index contributed by atoms with van der Waals surface area (Å²) in [6.45, 7) is 6.51. The highest BCUT2D eigenvalue weighted by Crippen LogP contribution is 2.19. The average molecular weight is 286 g/mol. The van der Waals surface area contributed by atoms with E-state index in [1.54, 1.807) is 19.1 Å². The molecule has 3 nitrogen and oxygen atoms in total. The maximum Gasteiger partial charge on any atom is 0.255 e. The van der Waals surface area contributed by atoms with Gasteiger partial charge in [0.25, 0.3) is 5.91 Å². The summed E-state index contributed by atoms with van der Waals surface area (Å²) >= 11 is 0. The van der Waals surface area contributed by atoms with Crippen LogP contribution in [0.15, 0.2) is 36.4 Å². The number of halogens is 1. The van der Waals surface area contributed by atoms with Gasteiger partial charge in [0.2, 0.25) is 0 Å². The molecule has 0 spiro atoms. The standard InChI is InChI=1S/C17H19FN2O/c1-4-19-14-6-7-15(11(2)10-14)17(21)20-16-8-5-13(18)9-12(16)3/h5-10,19H,4H2,1-3H3,(H,20,21).